The number of aliphatic hydroxyl groups excluding tert-OH is 1. The molecule has 0 heterocycles. The molecule has 19 heavy (non-hydrogen) atoms. The molecule has 0 aliphatic carbocycles. The van der Waals surface area contributed by atoms with Crippen molar-refractivity contribution in [1.82, 2.24) is 5.32 Å². The Morgan fingerprint density at radius 1 is 1.37 bits per heavy atom. The van der Waals surface area contributed by atoms with Crippen molar-refractivity contribution in [2.45, 2.75) is 25.3 Å². The number of hydrogen-bond donors (Lipinski definition) is 3. The number of carbonyl (C=O) groups is 1. The lowest BCUT2D eigenvalue weighted by molar-refractivity contribution is -0.144. The number of carboxylic acids is 1. The third kappa shape index (κ3) is 4.54. The summed E-state index contributed by atoms with van der Waals surface area (Å²) >= 11 is 0. The Balaban J connectivity index is 2.46. The van der Waals surface area contributed by atoms with Gasteiger partial charge in [-0.25, -0.2) is 0 Å². The third-order valence-electron chi connectivity index (χ3n) is 3.22. The number of ether oxygens (including phenoxy) is 1. The molecule has 0 fully saturated rings. The number of rotatable bonds is 8. The number of aliphatic carboxylic acids is 1. The second-order valence-electron chi connectivity index (χ2n) is 4.60. The largest absolute Gasteiger partial charge is 0.494 e. The molecule has 106 valence electrons. The van der Waals surface area contributed by atoms with Gasteiger partial charge in [0.15, 0.2) is 0 Å². The molecule has 0 saturated carbocycles. The number of likely N-dealkylation sites (N-methyl/N-ethyl adjacent to an activating group) is 1. The molecule has 1 aromatic rings. The number of hydrogen-bond acceptors (Lipinski definition) is 4. The van der Waals surface area contributed by atoms with Gasteiger partial charge in [-0.15, -0.1) is 0 Å². The summed E-state index contributed by atoms with van der Waals surface area (Å²) in [7, 11) is 1.62. The van der Waals surface area contributed by atoms with Crippen LogP contribution in [0.5, 0.6) is 5.75 Å². The minimum absolute atomic E-state index is 0.124. The van der Waals surface area contributed by atoms with E-state index < -0.39 is 11.5 Å². The molecule has 0 spiro atoms. The highest BCUT2D eigenvalue weighted by Crippen LogP contribution is 2.15. The fourth-order valence-corrected chi connectivity index (χ4v) is 1.59. The van der Waals surface area contributed by atoms with Crippen LogP contribution in [0.3, 0.4) is 0 Å². The van der Waals surface area contributed by atoms with E-state index in [0.717, 1.165) is 5.56 Å². The molecule has 1 rings (SSSR count). The molecule has 0 amide bonds. The molecular weight excluding hydrogens is 246 g/mol. The first-order valence-corrected chi connectivity index (χ1v) is 6.27. The van der Waals surface area contributed by atoms with Gasteiger partial charge in [-0.3, -0.25) is 4.79 Å². The molecule has 1 atom stereocenters. The highest BCUT2D eigenvalue weighted by atomic mass is 16.5. The topological polar surface area (TPSA) is 78.8 Å². The summed E-state index contributed by atoms with van der Waals surface area (Å²) in [6.45, 7) is 2.07. The summed E-state index contributed by atoms with van der Waals surface area (Å²) in [5.74, 6) is -0.192. The average Bonchev–Trinajstić information content (AvgIpc) is 2.40. The predicted octanol–water partition coefficient (Wildman–Crippen LogP) is 1.05. The van der Waals surface area contributed by atoms with Gasteiger partial charge in [-0.05, 0) is 38.1 Å². The van der Waals surface area contributed by atoms with Gasteiger partial charge in [0.1, 0.15) is 11.3 Å². The fraction of sp³-hybridized carbons (Fsp3) is 0.500. The van der Waals surface area contributed by atoms with Gasteiger partial charge in [0, 0.05) is 13.0 Å². The van der Waals surface area contributed by atoms with Crippen LogP contribution in [-0.2, 0) is 11.2 Å². The summed E-state index contributed by atoms with van der Waals surface area (Å²) in [6, 6.07) is 7.42. The maximum Gasteiger partial charge on any atom is 0.323 e. The van der Waals surface area contributed by atoms with Crippen molar-refractivity contribution in [3.63, 3.8) is 0 Å². The summed E-state index contributed by atoms with van der Waals surface area (Å²) in [5, 5.41) is 20.7. The zero-order valence-electron chi connectivity index (χ0n) is 11.3. The highest BCUT2D eigenvalue weighted by molar-refractivity contribution is 5.78. The average molecular weight is 267 g/mol. The number of carboxylic acid groups (broad SMARTS) is 1. The zero-order chi connectivity index (χ0) is 14.3. The van der Waals surface area contributed by atoms with Gasteiger partial charge in [0.25, 0.3) is 0 Å². The van der Waals surface area contributed by atoms with Crippen LogP contribution in [0.2, 0.25) is 0 Å². The van der Waals surface area contributed by atoms with Crippen LogP contribution in [0.1, 0.15) is 18.9 Å². The Kier molecular flexibility index (Phi) is 5.79. The van der Waals surface area contributed by atoms with Crippen molar-refractivity contribution >= 4 is 5.97 Å². The lowest BCUT2D eigenvalue weighted by atomic mass is 9.99. The third-order valence-corrected chi connectivity index (χ3v) is 3.22. The molecule has 5 heteroatoms. The first-order chi connectivity index (χ1) is 9.01. The van der Waals surface area contributed by atoms with E-state index in [2.05, 4.69) is 5.32 Å². The Hall–Kier alpha value is -1.59. The molecular formula is C14H21NO4. The van der Waals surface area contributed by atoms with Crippen molar-refractivity contribution in [3.8, 4) is 5.75 Å². The van der Waals surface area contributed by atoms with Crippen molar-refractivity contribution < 1.29 is 19.7 Å². The molecule has 3 N–H and O–H groups in total. The van der Waals surface area contributed by atoms with Crippen LogP contribution in [0.15, 0.2) is 24.3 Å². The SMILES string of the molecule is CNC(C)(CCOc1ccc(CCO)cc1)C(=O)O. The van der Waals surface area contributed by atoms with Crippen LogP contribution in [-0.4, -0.2) is 42.0 Å². The maximum atomic E-state index is 11.1. The minimum atomic E-state index is -0.975. The van der Waals surface area contributed by atoms with Crippen molar-refractivity contribution in [2.24, 2.45) is 0 Å². The Bertz CT molecular complexity index is 404. The summed E-state index contributed by atoms with van der Waals surface area (Å²) < 4.78 is 5.52. The van der Waals surface area contributed by atoms with E-state index >= 15 is 0 Å². The van der Waals surface area contributed by atoms with Gasteiger partial charge in [-0.2, -0.15) is 0 Å². The lowest BCUT2D eigenvalue weighted by Crippen LogP contribution is -2.48. The number of benzene rings is 1. The molecule has 1 unspecified atom stereocenters. The zero-order valence-corrected chi connectivity index (χ0v) is 11.3. The van der Waals surface area contributed by atoms with Gasteiger partial charge < -0.3 is 20.3 Å². The van der Waals surface area contributed by atoms with Crippen LogP contribution < -0.4 is 10.1 Å². The van der Waals surface area contributed by atoms with E-state index in [1.165, 1.54) is 0 Å². The van der Waals surface area contributed by atoms with Gasteiger partial charge in [-0.1, -0.05) is 12.1 Å². The Morgan fingerprint density at radius 3 is 2.47 bits per heavy atom. The molecule has 0 bridgehead atoms. The van der Waals surface area contributed by atoms with Crippen LogP contribution in [0, 0.1) is 0 Å². The minimum Gasteiger partial charge on any atom is -0.494 e. The van der Waals surface area contributed by atoms with Gasteiger partial charge in [0.05, 0.1) is 6.61 Å². The second kappa shape index (κ2) is 7.11. The molecule has 0 radical (unpaired) electrons. The van der Waals surface area contributed by atoms with Crippen molar-refractivity contribution in [3.05, 3.63) is 29.8 Å². The molecule has 0 aliphatic heterocycles. The maximum absolute atomic E-state index is 11.1. The standard InChI is InChI=1S/C14H21NO4/c1-14(15-2,13(17)18)8-10-19-12-5-3-11(4-6-12)7-9-16/h3-6,15-16H,7-10H2,1-2H3,(H,17,18). The Labute approximate surface area is 113 Å². The monoisotopic (exact) mass is 267 g/mol. The first-order valence-electron chi connectivity index (χ1n) is 6.27. The fourth-order valence-electron chi connectivity index (χ4n) is 1.59. The predicted molar refractivity (Wildman–Crippen MR) is 72.4 cm³/mol. The number of aliphatic hydroxyl groups is 1. The van der Waals surface area contributed by atoms with Crippen molar-refractivity contribution in [2.75, 3.05) is 20.3 Å². The van der Waals surface area contributed by atoms with Crippen molar-refractivity contribution in [1.29, 1.82) is 0 Å². The normalized spacial score (nSPS) is 13.8. The van der Waals surface area contributed by atoms with E-state index in [1.54, 1.807) is 14.0 Å². The first kappa shape index (κ1) is 15.5. The van der Waals surface area contributed by atoms with E-state index in [4.69, 9.17) is 14.9 Å². The van der Waals surface area contributed by atoms with E-state index in [-0.39, 0.29) is 6.61 Å². The van der Waals surface area contributed by atoms with Gasteiger partial charge >= 0.3 is 5.97 Å². The molecule has 0 saturated heterocycles. The van der Waals surface area contributed by atoms with E-state index in [9.17, 15) is 4.79 Å². The Morgan fingerprint density at radius 2 is 2.00 bits per heavy atom. The molecule has 0 aliphatic rings. The van der Waals surface area contributed by atoms with E-state index in [0.29, 0.717) is 25.2 Å². The van der Waals surface area contributed by atoms with Gasteiger partial charge in [0.2, 0.25) is 0 Å². The van der Waals surface area contributed by atoms with Crippen LogP contribution >= 0.6 is 0 Å². The second-order valence-corrected chi connectivity index (χ2v) is 4.60. The molecule has 1 aromatic carbocycles. The highest BCUT2D eigenvalue weighted by Gasteiger charge is 2.30. The van der Waals surface area contributed by atoms with Crippen LogP contribution in [0.25, 0.3) is 0 Å². The number of nitrogens with one attached hydrogen (secondary N) is 1. The molecule has 5 nitrogen and oxygen atoms in total. The quantitative estimate of drug-likeness (QED) is 0.656. The summed E-state index contributed by atoms with van der Waals surface area (Å²) in [5.41, 5.74) is 0.0667. The smallest absolute Gasteiger partial charge is 0.323 e. The lowest BCUT2D eigenvalue weighted by Gasteiger charge is -2.23. The van der Waals surface area contributed by atoms with Crippen LogP contribution in [0.4, 0.5) is 0 Å². The van der Waals surface area contributed by atoms with E-state index in [1.807, 2.05) is 24.3 Å². The summed E-state index contributed by atoms with van der Waals surface area (Å²) in [6.07, 6.45) is 0.994. The molecule has 0 aromatic heterocycles. The summed E-state index contributed by atoms with van der Waals surface area (Å²) in [4.78, 5) is 11.1.